The summed E-state index contributed by atoms with van der Waals surface area (Å²) < 4.78 is 0. The molecule has 1 rings (SSSR count). The third kappa shape index (κ3) is 5.07. The van der Waals surface area contributed by atoms with Crippen LogP contribution in [0.3, 0.4) is 0 Å². The van der Waals surface area contributed by atoms with E-state index in [1.807, 2.05) is 0 Å². The monoisotopic (exact) mass is 268 g/mol. The Morgan fingerprint density at radius 2 is 1.63 bits per heavy atom. The zero-order chi connectivity index (χ0) is 14.8. The van der Waals surface area contributed by atoms with Crippen LogP contribution in [0.4, 0.5) is 0 Å². The second-order valence-electron chi connectivity index (χ2n) is 8.81. The van der Waals surface area contributed by atoms with Crippen LogP contribution in [0.2, 0.25) is 0 Å². The highest BCUT2D eigenvalue weighted by Crippen LogP contribution is 2.39. The fourth-order valence-corrected chi connectivity index (χ4v) is 3.62. The second kappa shape index (κ2) is 6.13. The van der Waals surface area contributed by atoms with Gasteiger partial charge in [-0.15, -0.1) is 0 Å². The Balaban J connectivity index is 2.75. The number of likely N-dealkylation sites (N-methyl/N-ethyl adjacent to an activating group) is 2. The molecule has 1 saturated carbocycles. The van der Waals surface area contributed by atoms with Crippen LogP contribution in [0, 0.1) is 16.7 Å². The molecule has 0 aromatic carbocycles. The van der Waals surface area contributed by atoms with E-state index in [1.165, 1.54) is 25.8 Å². The molecule has 0 aromatic rings. The molecule has 0 saturated heterocycles. The van der Waals surface area contributed by atoms with Crippen LogP contribution in [0.25, 0.3) is 0 Å². The van der Waals surface area contributed by atoms with Crippen LogP contribution in [0.15, 0.2) is 0 Å². The van der Waals surface area contributed by atoms with E-state index in [-0.39, 0.29) is 0 Å². The summed E-state index contributed by atoms with van der Waals surface area (Å²) in [5.74, 6) is 0.851. The van der Waals surface area contributed by atoms with Gasteiger partial charge in [-0.3, -0.25) is 0 Å². The van der Waals surface area contributed by atoms with Crippen molar-refractivity contribution in [1.29, 1.82) is 0 Å². The molecule has 19 heavy (non-hydrogen) atoms. The van der Waals surface area contributed by atoms with Crippen molar-refractivity contribution in [3.63, 3.8) is 0 Å². The fourth-order valence-electron chi connectivity index (χ4n) is 3.62. The molecule has 0 amide bonds. The fraction of sp³-hybridized carbons (Fsp3) is 1.00. The maximum atomic E-state index is 3.55. The van der Waals surface area contributed by atoms with E-state index in [0.29, 0.717) is 22.9 Å². The zero-order valence-electron chi connectivity index (χ0n) is 14.5. The number of nitrogens with zero attached hydrogens (tertiary/aromatic N) is 1. The SMILES string of the molecule is CNC1CCC(C(C)(C)C)CC1N(C)CC(C)(C)C. The summed E-state index contributed by atoms with van der Waals surface area (Å²) >= 11 is 0. The smallest absolute Gasteiger partial charge is 0.0249 e. The summed E-state index contributed by atoms with van der Waals surface area (Å²) in [6.45, 7) is 15.4. The molecule has 0 bridgehead atoms. The van der Waals surface area contributed by atoms with Gasteiger partial charge in [0.25, 0.3) is 0 Å². The van der Waals surface area contributed by atoms with Crippen LogP contribution in [0.5, 0.6) is 0 Å². The summed E-state index contributed by atoms with van der Waals surface area (Å²) in [4.78, 5) is 2.60. The van der Waals surface area contributed by atoms with Gasteiger partial charge in [-0.2, -0.15) is 0 Å². The average molecular weight is 268 g/mol. The summed E-state index contributed by atoms with van der Waals surface area (Å²) in [6, 6.07) is 1.34. The minimum Gasteiger partial charge on any atom is -0.315 e. The maximum absolute atomic E-state index is 3.55. The lowest BCUT2D eigenvalue weighted by molar-refractivity contribution is 0.0580. The van der Waals surface area contributed by atoms with Crippen LogP contribution in [0.1, 0.15) is 60.8 Å². The van der Waals surface area contributed by atoms with Crippen LogP contribution in [-0.4, -0.2) is 37.6 Å². The molecule has 2 heteroatoms. The molecule has 2 nitrogen and oxygen atoms in total. The van der Waals surface area contributed by atoms with E-state index >= 15 is 0 Å². The van der Waals surface area contributed by atoms with E-state index in [2.05, 4.69) is 65.9 Å². The third-order valence-electron chi connectivity index (χ3n) is 4.70. The third-order valence-corrected chi connectivity index (χ3v) is 4.70. The van der Waals surface area contributed by atoms with Gasteiger partial charge in [-0.1, -0.05) is 41.5 Å². The van der Waals surface area contributed by atoms with Gasteiger partial charge in [-0.05, 0) is 50.1 Å². The Kier molecular flexibility index (Phi) is 5.48. The van der Waals surface area contributed by atoms with Crippen molar-refractivity contribution in [2.75, 3.05) is 20.6 Å². The van der Waals surface area contributed by atoms with Crippen molar-refractivity contribution in [3.05, 3.63) is 0 Å². The first kappa shape index (κ1) is 17.0. The molecule has 0 aliphatic heterocycles. The van der Waals surface area contributed by atoms with Crippen LogP contribution >= 0.6 is 0 Å². The van der Waals surface area contributed by atoms with Gasteiger partial charge < -0.3 is 10.2 Å². The predicted molar refractivity (Wildman–Crippen MR) is 85.5 cm³/mol. The zero-order valence-corrected chi connectivity index (χ0v) is 14.5. The molecule has 1 aliphatic rings. The first-order valence-electron chi connectivity index (χ1n) is 7.92. The Morgan fingerprint density at radius 1 is 1.05 bits per heavy atom. The first-order chi connectivity index (χ1) is 8.54. The van der Waals surface area contributed by atoms with Gasteiger partial charge in [0.1, 0.15) is 0 Å². The summed E-state index contributed by atoms with van der Waals surface area (Å²) in [7, 11) is 4.44. The predicted octanol–water partition coefficient (Wildman–Crippen LogP) is 3.77. The lowest BCUT2D eigenvalue weighted by Crippen LogP contribution is -2.53. The van der Waals surface area contributed by atoms with Crippen molar-refractivity contribution in [3.8, 4) is 0 Å². The minimum atomic E-state index is 0.377. The van der Waals surface area contributed by atoms with Gasteiger partial charge >= 0.3 is 0 Å². The second-order valence-corrected chi connectivity index (χ2v) is 8.81. The van der Waals surface area contributed by atoms with Crippen molar-refractivity contribution in [2.24, 2.45) is 16.7 Å². The minimum absolute atomic E-state index is 0.377. The molecule has 0 radical (unpaired) electrons. The van der Waals surface area contributed by atoms with E-state index < -0.39 is 0 Å². The molecule has 1 fully saturated rings. The van der Waals surface area contributed by atoms with Crippen molar-refractivity contribution in [2.45, 2.75) is 72.9 Å². The first-order valence-corrected chi connectivity index (χ1v) is 7.92. The molecule has 3 unspecified atom stereocenters. The quantitative estimate of drug-likeness (QED) is 0.838. The molecule has 114 valence electrons. The molecule has 1 aliphatic carbocycles. The van der Waals surface area contributed by atoms with Gasteiger partial charge in [0.2, 0.25) is 0 Å². The van der Waals surface area contributed by atoms with Crippen LogP contribution in [-0.2, 0) is 0 Å². The summed E-state index contributed by atoms with van der Waals surface area (Å²) in [6.07, 6.45) is 4.02. The standard InChI is InChI=1S/C17H36N2/c1-16(2,3)12-19(8)15-11-13(17(4,5)6)9-10-14(15)18-7/h13-15,18H,9-12H2,1-8H3. The van der Waals surface area contributed by atoms with Gasteiger partial charge in [0, 0.05) is 18.6 Å². The molecule has 0 heterocycles. The molecule has 0 spiro atoms. The maximum Gasteiger partial charge on any atom is 0.0249 e. The Bertz CT molecular complexity index is 272. The molecule has 1 N–H and O–H groups in total. The highest BCUT2D eigenvalue weighted by Gasteiger charge is 2.37. The van der Waals surface area contributed by atoms with Crippen molar-refractivity contribution >= 4 is 0 Å². The average Bonchev–Trinajstić information content (AvgIpc) is 2.24. The van der Waals surface area contributed by atoms with E-state index in [9.17, 15) is 0 Å². The highest BCUT2D eigenvalue weighted by molar-refractivity contribution is 4.93. The number of rotatable bonds is 3. The Hall–Kier alpha value is -0.0800. The lowest BCUT2D eigenvalue weighted by atomic mass is 9.69. The number of hydrogen-bond acceptors (Lipinski definition) is 2. The van der Waals surface area contributed by atoms with Crippen LogP contribution < -0.4 is 5.32 Å². The molecular weight excluding hydrogens is 232 g/mol. The molecule has 0 aromatic heterocycles. The normalized spacial score (nSPS) is 29.8. The van der Waals surface area contributed by atoms with Gasteiger partial charge in [0.15, 0.2) is 0 Å². The summed E-state index contributed by atoms with van der Waals surface area (Å²) in [5, 5.41) is 3.55. The number of nitrogens with one attached hydrogen (secondary N) is 1. The van der Waals surface area contributed by atoms with Gasteiger partial charge in [-0.25, -0.2) is 0 Å². The molecular formula is C17H36N2. The van der Waals surface area contributed by atoms with Gasteiger partial charge in [0.05, 0.1) is 0 Å². The van der Waals surface area contributed by atoms with Crippen molar-refractivity contribution in [1.82, 2.24) is 10.2 Å². The highest BCUT2D eigenvalue weighted by atomic mass is 15.2. The Morgan fingerprint density at radius 3 is 2.05 bits per heavy atom. The lowest BCUT2D eigenvalue weighted by Gasteiger charge is -2.46. The largest absolute Gasteiger partial charge is 0.315 e. The van der Waals surface area contributed by atoms with E-state index in [0.717, 1.165) is 5.92 Å². The topological polar surface area (TPSA) is 15.3 Å². The summed E-state index contributed by atoms with van der Waals surface area (Å²) in [5.41, 5.74) is 0.821. The van der Waals surface area contributed by atoms with E-state index in [4.69, 9.17) is 0 Å². The molecule has 3 atom stereocenters. The van der Waals surface area contributed by atoms with E-state index in [1.54, 1.807) is 0 Å². The van der Waals surface area contributed by atoms with Crippen molar-refractivity contribution < 1.29 is 0 Å². The Labute approximate surface area is 121 Å². The number of hydrogen-bond donors (Lipinski definition) is 1.